The van der Waals surface area contributed by atoms with Crippen molar-refractivity contribution in [1.29, 1.82) is 0 Å². The molecule has 150 valence electrons. The molecular formula is C21H22N4O3S. The van der Waals surface area contributed by atoms with Gasteiger partial charge in [-0.15, -0.1) is 5.10 Å². The van der Waals surface area contributed by atoms with Gasteiger partial charge in [0, 0.05) is 31.7 Å². The molecule has 1 aliphatic rings. The van der Waals surface area contributed by atoms with Crippen LogP contribution in [0, 0.1) is 0 Å². The molecule has 0 unspecified atom stereocenters. The Balaban J connectivity index is 1.49. The van der Waals surface area contributed by atoms with Gasteiger partial charge in [-0.05, 0) is 35.8 Å². The van der Waals surface area contributed by atoms with E-state index in [2.05, 4.69) is 14.5 Å². The van der Waals surface area contributed by atoms with Gasteiger partial charge in [-0.1, -0.05) is 28.8 Å². The van der Waals surface area contributed by atoms with Crippen molar-refractivity contribution in [3.8, 4) is 22.8 Å². The standard InChI is InChI=1S/C21H22N4O3S/c1-27-16-7-5-6-15(14-16)19-20(29-23-22-19)21(26)25-12-10-24(11-13-25)17-8-3-4-9-18(17)28-2/h3-9,14H,10-13H2,1-2H3. The SMILES string of the molecule is COc1cccc(-c2nnsc2C(=O)N2CCN(c3ccccc3OC)CC2)c1. The zero-order valence-electron chi connectivity index (χ0n) is 16.4. The molecule has 0 N–H and O–H groups in total. The number of carbonyl (C=O) groups excluding carboxylic acids is 1. The summed E-state index contributed by atoms with van der Waals surface area (Å²) in [6, 6.07) is 15.5. The van der Waals surface area contributed by atoms with Crippen LogP contribution in [-0.4, -0.2) is 60.8 Å². The Labute approximate surface area is 173 Å². The van der Waals surface area contributed by atoms with Crippen LogP contribution >= 0.6 is 11.5 Å². The second-order valence-corrected chi connectivity index (χ2v) is 7.39. The van der Waals surface area contributed by atoms with Crippen LogP contribution in [0.2, 0.25) is 0 Å². The summed E-state index contributed by atoms with van der Waals surface area (Å²) in [6.45, 7) is 2.75. The third kappa shape index (κ3) is 3.88. The molecule has 0 aliphatic carbocycles. The van der Waals surface area contributed by atoms with Gasteiger partial charge in [0.25, 0.3) is 5.91 Å². The first kappa shape index (κ1) is 19.2. The molecule has 1 saturated heterocycles. The van der Waals surface area contributed by atoms with Crippen LogP contribution in [0.1, 0.15) is 9.67 Å². The summed E-state index contributed by atoms with van der Waals surface area (Å²) in [5.41, 5.74) is 2.48. The third-order valence-corrected chi connectivity index (χ3v) is 5.73. The van der Waals surface area contributed by atoms with Crippen molar-refractivity contribution in [2.45, 2.75) is 0 Å². The molecule has 0 atom stereocenters. The number of amides is 1. The molecule has 2 aromatic carbocycles. The van der Waals surface area contributed by atoms with E-state index in [1.807, 2.05) is 53.4 Å². The van der Waals surface area contributed by atoms with Crippen LogP contribution in [0.4, 0.5) is 5.69 Å². The Morgan fingerprint density at radius 2 is 1.79 bits per heavy atom. The Kier molecular flexibility index (Phi) is 5.62. The minimum absolute atomic E-state index is 0.0301. The van der Waals surface area contributed by atoms with Crippen molar-refractivity contribution in [3.63, 3.8) is 0 Å². The van der Waals surface area contributed by atoms with E-state index in [0.29, 0.717) is 23.7 Å². The Bertz CT molecular complexity index is 999. The third-order valence-electron chi connectivity index (χ3n) is 5.02. The van der Waals surface area contributed by atoms with E-state index in [4.69, 9.17) is 9.47 Å². The zero-order chi connectivity index (χ0) is 20.2. The van der Waals surface area contributed by atoms with E-state index < -0.39 is 0 Å². The lowest BCUT2D eigenvalue weighted by Crippen LogP contribution is -2.48. The van der Waals surface area contributed by atoms with Gasteiger partial charge in [0.05, 0.1) is 19.9 Å². The van der Waals surface area contributed by atoms with Gasteiger partial charge in [0.1, 0.15) is 22.1 Å². The molecule has 2 heterocycles. The molecule has 1 aromatic heterocycles. The summed E-state index contributed by atoms with van der Waals surface area (Å²) < 4.78 is 14.8. The first-order chi connectivity index (χ1) is 14.2. The minimum atomic E-state index is -0.0301. The lowest BCUT2D eigenvalue weighted by molar-refractivity contribution is 0.0752. The summed E-state index contributed by atoms with van der Waals surface area (Å²) in [4.78, 5) is 17.8. The highest BCUT2D eigenvalue weighted by molar-refractivity contribution is 7.08. The summed E-state index contributed by atoms with van der Waals surface area (Å²) in [6.07, 6.45) is 0. The zero-order valence-corrected chi connectivity index (χ0v) is 17.2. The van der Waals surface area contributed by atoms with E-state index in [9.17, 15) is 4.79 Å². The van der Waals surface area contributed by atoms with Gasteiger partial charge in [-0.3, -0.25) is 4.79 Å². The second-order valence-electron chi connectivity index (χ2n) is 6.63. The highest BCUT2D eigenvalue weighted by atomic mass is 32.1. The van der Waals surface area contributed by atoms with Crippen LogP contribution in [0.15, 0.2) is 48.5 Å². The fourth-order valence-electron chi connectivity index (χ4n) is 3.48. The fraction of sp³-hybridized carbons (Fsp3) is 0.286. The smallest absolute Gasteiger partial charge is 0.268 e. The topological polar surface area (TPSA) is 67.8 Å². The lowest BCUT2D eigenvalue weighted by Gasteiger charge is -2.36. The van der Waals surface area contributed by atoms with E-state index in [0.717, 1.165) is 47.4 Å². The van der Waals surface area contributed by atoms with Gasteiger partial charge in [-0.25, -0.2) is 0 Å². The number of hydrogen-bond acceptors (Lipinski definition) is 7. The van der Waals surface area contributed by atoms with Crippen molar-refractivity contribution in [2.24, 2.45) is 0 Å². The quantitative estimate of drug-likeness (QED) is 0.644. The summed E-state index contributed by atoms with van der Waals surface area (Å²) in [7, 11) is 3.29. The van der Waals surface area contributed by atoms with Crippen LogP contribution < -0.4 is 14.4 Å². The van der Waals surface area contributed by atoms with Crippen LogP contribution in [0.5, 0.6) is 11.5 Å². The highest BCUT2D eigenvalue weighted by Crippen LogP contribution is 2.30. The summed E-state index contributed by atoms with van der Waals surface area (Å²) in [5.74, 6) is 1.54. The molecule has 7 nitrogen and oxygen atoms in total. The highest BCUT2D eigenvalue weighted by Gasteiger charge is 2.27. The van der Waals surface area contributed by atoms with Gasteiger partial charge in [0.15, 0.2) is 0 Å². The molecule has 1 aliphatic heterocycles. The number of aromatic nitrogens is 2. The Hall–Kier alpha value is -3.13. The van der Waals surface area contributed by atoms with E-state index >= 15 is 0 Å². The molecule has 4 rings (SSSR count). The number of ether oxygens (including phenoxy) is 2. The molecule has 1 amide bonds. The maximum Gasteiger partial charge on any atom is 0.268 e. The van der Waals surface area contributed by atoms with Crippen LogP contribution in [0.3, 0.4) is 0 Å². The average Bonchev–Trinajstić information content (AvgIpc) is 3.28. The van der Waals surface area contributed by atoms with Crippen LogP contribution in [0.25, 0.3) is 11.3 Å². The monoisotopic (exact) mass is 410 g/mol. The maximum atomic E-state index is 13.2. The second kappa shape index (κ2) is 8.48. The average molecular weight is 410 g/mol. The maximum absolute atomic E-state index is 13.2. The van der Waals surface area contributed by atoms with Crippen molar-refractivity contribution in [2.75, 3.05) is 45.3 Å². The number of hydrogen-bond donors (Lipinski definition) is 0. The molecule has 0 spiro atoms. The van der Waals surface area contributed by atoms with Crippen molar-refractivity contribution in [3.05, 3.63) is 53.4 Å². The first-order valence-electron chi connectivity index (χ1n) is 9.35. The number of nitrogens with zero attached hydrogens (tertiary/aromatic N) is 4. The Morgan fingerprint density at radius 3 is 2.55 bits per heavy atom. The minimum Gasteiger partial charge on any atom is -0.497 e. The summed E-state index contributed by atoms with van der Waals surface area (Å²) in [5, 5.41) is 4.20. The lowest BCUT2D eigenvalue weighted by atomic mass is 10.1. The molecule has 8 heteroatoms. The first-order valence-corrected chi connectivity index (χ1v) is 10.1. The largest absolute Gasteiger partial charge is 0.497 e. The molecule has 0 radical (unpaired) electrons. The predicted molar refractivity (Wildman–Crippen MR) is 113 cm³/mol. The van der Waals surface area contributed by atoms with Gasteiger partial charge >= 0.3 is 0 Å². The number of methoxy groups -OCH3 is 2. The number of carbonyl (C=O) groups is 1. The van der Waals surface area contributed by atoms with Crippen molar-refractivity contribution in [1.82, 2.24) is 14.5 Å². The molecule has 3 aromatic rings. The fourth-order valence-corrected chi connectivity index (χ4v) is 4.13. The van der Waals surface area contributed by atoms with Gasteiger partial charge in [0.2, 0.25) is 0 Å². The predicted octanol–water partition coefficient (Wildman–Crippen LogP) is 3.18. The van der Waals surface area contributed by atoms with E-state index in [-0.39, 0.29) is 5.91 Å². The molecular weight excluding hydrogens is 388 g/mol. The number of piperazine rings is 1. The van der Waals surface area contributed by atoms with Crippen LogP contribution in [-0.2, 0) is 0 Å². The number of rotatable bonds is 5. The molecule has 29 heavy (non-hydrogen) atoms. The van der Waals surface area contributed by atoms with Crippen molar-refractivity contribution >= 4 is 23.1 Å². The van der Waals surface area contributed by atoms with E-state index in [1.165, 1.54) is 0 Å². The number of anilines is 1. The molecule has 1 fully saturated rings. The Morgan fingerprint density at radius 1 is 1.00 bits per heavy atom. The summed E-state index contributed by atoms with van der Waals surface area (Å²) >= 11 is 1.14. The number of benzene rings is 2. The normalized spacial score (nSPS) is 14.0. The molecule has 0 saturated carbocycles. The van der Waals surface area contributed by atoms with Gasteiger partial charge in [-0.2, -0.15) is 0 Å². The van der Waals surface area contributed by atoms with E-state index in [1.54, 1.807) is 14.2 Å². The van der Waals surface area contributed by atoms with Gasteiger partial charge < -0.3 is 19.3 Å². The number of para-hydroxylation sites is 2. The molecule has 0 bridgehead atoms. The van der Waals surface area contributed by atoms with Crippen molar-refractivity contribution < 1.29 is 14.3 Å².